The van der Waals surface area contributed by atoms with Gasteiger partial charge in [0, 0.05) is 13.1 Å². The van der Waals surface area contributed by atoms with Crippen molar-refractivity contribution >= 4 is 0 Å². The minimum atomic E-state index is -0.333. The Morgan fingerprint density at radius 2 is 2.38 bits per heavy atom. The van der Waals surface area contributed by atoms with Gasteiger partial charge in [-0.25, -0.2) is 0 Å². The molecule has 0 atom stereocenters. The second kappa shape index (κ2) is 3.36. The van der Waals surface area contributed by atoms with Crippen molar-refractivity contribution in [1.29, 1.82) is 0 Å². The number of rotatable bonds is 3. The van der Waals surface area contributed by atoms with Crippen LogP contribution in [0.2, 0.25) is 0 Å². The molecule has 0 bridgehead atoms. The van der Waals surface area contributed by atoms with Crippen LogP contribution >= 0.6 is 0 Å². The van der Waals surface area contributed by atoms with Crippen LogP contribution in [0.4, 0.5) is 0 Å². The molecule has 0 aromatic heterocycles. The molecular weight excluding hydrogens is 168 g/mol. The zero-order valence-electron chi connectivity index (χ0n) is 7.61. The van der Waals surface area contributed by atoms with E-state index in [1.165, 1.54) is 19.0 Å². The van der Waals surface area contributed by atoms with Crippen molar-refractivity contribution in [3.63, 3.8) is 0 Å². The zero-order valence-corrected chi connectivity index (χ0v) is 7.61. The number of nitro groups is 1. The largest absolute Gasteiger partial charge is 0.370 e. The van der Waals surface area contributed by atoms with Gasteiger partial charge in [-0.15, -0.1) is 0 Å². The summed E-state index contributed by atoms with van der Waals surface area (Å²) in [5, 5.41) is 10.3. The molecule has 4 heteroatoms. The summed E-state index contributed by atoms with van der Waals surface area (Å²) in [5.41, 5.74) is 0.928. The molecule has 2 fully saturated rings. The van der Waals surface area contributed by atoms with Crippen LogP contribution in [0.25, 0.3) is 0 Å². The Labute approximate surface area is 77.4 Å². The molecule has 13 heavy (non-hydrogen) atoms. The van der Waals surface area contributed by atoms with Gasteiger partial charge >= 0.3 is 0 Å². The lowest BCUT2D eigenvalue weighted by molar-refractivity contribution is -0.404. The number of allylic oxidation sites excluding steroid dienone is 1. The van der Waals surface area contributed by atoms with Crippen LogP contribution in [-0.2, 0) is 0 Å². The van der Waals surface area contributed by atoms with E-state index in [0.717, 1.165) is 37.5 Å². The molecular formula is C9H14N2O2. The van der Waals surface area contributed by atoms with E-state index in [2.05, 4.69) is 4.90 Å². The quantitative estimate of drug-likeness (QED) is 0.492. The average molecular weight is 182 g/mol. The summed E-state index contributed by atoms with van der Waals surface area (Å²) in [5.74, 6) is 0.813. The van der Waals surface area contributed by atoms with Crippen molar-refractivity contribution in [2.24, 2.45) is 5.92 Å². The molecule has 0 aromatic carbocycles. The van der Waals surface area contributed by atoms with Crippen LogP contribution in [0.5, 0.6) is 0 Å². The highest BCUT2D eigenvalue weighted by molar-refractivity contribution is 5.03. The van der Waals surface area contributed by atoms with Crippen LogP contribution in [0.15, 0.2) is 11.9 Å². The van der Waals surface area contributed by atoms with Crippen LogP contribution < -0.4 is 0 Å². The molecule has 72 valence electrons. The van der Waals surface area contributed by atoms with Crippen molar-refractivity contribution in [3.8, 4) is 0 Å². The standard InChI is InChI=1S/C9H14N2O2/c12-11(13)7-9-2-1-5-10(9)6-8-3-4-8/h7-8H,1-6H2. The lowest BCUT2D eigenvalue weighted by Gasteiger charge is -2.17. The Bertz CT molecular complexity index is 246. The van der Waals surface area contributed by atoms with Crippen LogP contribution in [0.1, 0.15) is 25.7 Å². The number of nitrogens with zero attached hydrogens (tertiary/aromatic N) is 2. The minimum Gasteiger partial charge on any atom is -0.370 e. The molecule has 4 nitrogen and oxygen atoms in total. The highest BCUT2D eigenvalue weighted by atomic mass is 16.6. The predicted octanol–water partition coefficient (Wildman–Crippen LogP) is 1.61. The third-order valence-corrected chi connectivity index (χ3v) is 2.70. The summed E-state index contributed by atoms with van der Waals surface area (Å²) in [6, 6.07) is 0. The molecule has 0 N–H and O–H groups in total. The fourth-order valence-electron chi connectivity index (χ4n) is 1.84. The molecule has 2 aliphatic rings. The zero-order chi connectivity index (χ0) is 9.26. The maximum atomic E-state index is 10.3. The smallest absolute Gasteiger partial charge is 0.253 e. The van der Waals surface area contributed by atoms with Crippen molar-refractivity contribution in [1.82, 2.24) is 4.90 Å². The molecule has 1 heterocycles. The van der Waals surface area contributed by atoms with Gasteiger partial charge in [-0.3, -0.25) is 10.1 Å². The van der Waals surface area contributed by atoms with Gasteiger partial charge in [0.15, 0.2) is 0 Å². The lowest BCUT2D eigenvalue weighted by atomic mass is 10.3. The van der Waals surface area contributed by atoms with Gasteiger partial charge in [-0.05, 0) is 31.6 Å². The molecule has 0 spiro atoms. The Morgan fingerprint density at radius 3 is 3.00 bits per heavy atom. The minimum absolute atomic E-state index is 0.333. The van der Waals surface area contributed by atoms with Gasteiger partial charge in [0.05, 0.1) is 10.6 Å². The maximum Gasteiger partial charge on any atom is 0.253 e. The van der Waals surface area contributed by atoms with E-state index in [9.17, 15) is 10.1 Å². The van der Waals surface area contributed by atoms with E-state index >= 15 is 0 Å². The molecule has 0 aromatic rings. The fraction of sp³-hybridized carbons (Fsp3) is 0.778. The molecule has 1 aliphatic heterocycles. The van der Waals surface area contributed by atoms with Crippen LogP contribution in [-0.4, -0.2) is 22.9 Å². The van der Waals surface area contributed by atoms with Crippen molar-refractivity contribution in [3.05, 3.63) is 22.0 Å². The molecule has 0 unspecified atom stereocenters. The predicted molar refractivity (Wildman–Crippen MR) is 48.6 cm³/mol. The molecule has 0 amide bonds. The summed E-state index contributed by atoms with van der Waals surface area (Å²) in [4.78, 5) is 12.2. The normalized spacial score (nSPS) is 25.5. The van der Waals surface area contributed by atoms with E-state index in [0.29, 0.717) is 0 Å². The van der Waals surface area contributed by atoms with Crippen molar-refractivity contribution in [2.75, 3.05) is 13.1 Å². The fourth-order valence-corrected chi connectivity index (χ4v) is 1.84. The highest BCUT2D eigenvalue weighted by Gasteiger charge is 2.28. The Kier molecular flexibility index (Phi) is 2.20. The van der Waals surface area contributed by atoms with E-state index in [4.69, 9.17) is 0 Å². The maximum absolute atomic E-state index is 10.3. The van der Waals surface area contributed by atoms with Crippen LogP contribution in [0.3, 0.4) is 0 Å². The van der Waals surface area contributed by atoms with Gasteiger partial charge in [-0.1, -0.05) is 0 Å². The monoisotopic (exact) mass is 182 g/mol. The van der Waals surface area contributed by atoms with E-state index in [-0.39, 0.29) is 4.92 Å². The Hall–Kier alpha value is -1.06. The average Bonchev–Trinajstić information content (AvgIpc) is 2.75. The van der Waals surface area contributed by atoms with E-state index in [1.54, 1.807) is 0 Å². The highest BCUT2D eigenvalue weighted by Crippen LogP contribution is 2.33. The Balaban J connectivity index is 1.95. The van der Waals surface area contributed by atoms with Crippen molar-refractivity contribution < 1.29 is 4.92 Å². The van der Waals surface area contributed by atoms with E-state index in [1.807, 2.05) is 0 Å². The first-order chi connectivity index (χ1) is 6.25. The third kappa shape index (κ3) is 2.20. The van der Waals surface area contributed by atoms with Gasteiger partial charge in [-0.2, -0.15) is 0 Å². The summed E-state index contributed by atoms with van der Waals surface area (Å²) in [7, 11) is 0. The molecule has 0 radical (unpaired) electrons. The first-order valence-electron chi connectivity index (χ1n) is 4.85. The molecule has 1 saturated carbocycles. The van der Waals surface area contributed by atoms with Gasteiger partial charge in [0.1, 0.15) is 0 Å². The number of hydrogen-bond acceptors (Lipinski definition) is 3. The lowest BCUT2D eigenvalue weighted by Crippen LogP contribution is -2.20. The van der Waals surface area contributed by atoms with Gasteiger partial charge in [0.2, 0.25) is 0 Å². The summed E-state index contributed by atoms with van der Waals surface area (Å²) in [6.07, 6.45) is 5.75. The van der Waals surface area contributed by atoms with Gasteiger partial charge < -0.3 is 4.90 Å². The molecule has 2 rings (SSSR count). The second-order valence-corrected chi connectivity index (χ2v) is 3.90. The SMILES string of the molecule is O=[N+]([O-])C=C1CCCN1CC1CC1. The second-order valence-electron chi connectivity index (χ2n) is 3.90. The number of likely N-dealkylation sites (tertiary alicyclic amines) is 1. The summed E-state index contributed by atoms with van der Waals surface area (Å²) >= 11 is 0. The summed E-state index contributed by atoms with van der Waals surface area (Å²) in [6.45, 7) is 2.05. The number of hydrogen-bond donors (Lipinski definition) is 0. The molecule has 1 saturated heterocycles. The molecule has 1 aliphatic carbocycles. The third-order valence-electron chi connectivity index (χ3n) is 2.70. The Morgan fingerprint density at radius 1 is 1.62 bits per heavy atom. The van der Waals surface area contributed by atoms with Crippen LogP contribution in [0, 0.1) is 16.0 Å². The van der Waals surface area contributed by atoms with Gasteiger partial charge in [0.25, 0.3) is 6.20 Å². The first kappa shape index (κ1) is 8.53. The van der Waals surface area contributed by atoms with Crippen molar-refractivity contribution in [2.45, 2.75) is 25.7 Å². The topological polar surface area (TPSA) is 46.4 Å². The summed E-state index contributed by atoms with van der Waals surface area (Å²) < 4.78 is 0. The van der Waals surface area contributed by atoms with E-state index < -0.39 is 0 Å². The first-order valence-corrected chi connectivity index (χ1v) is 4.85.